The number of nitrogens with zero attached hydrogens (tertiary/aromatic N) is 1. The van der Waals surface area contributed by atoms with Crippen LogP contribution in [-0.4, -0.2) is 0 Å². The molecule has 9 rings (SSSR count). The maximum atomic E-state index is 2.40. The Bertz CT molecular complexity index is 2620. The van der Waals surface area contributed by atoms with E-state index in [1.807, 2.05) is 0 Å². The van der Waals surface area contributed by atoms with Gasteiger partial charge in [0.1, 0.15) is 0 Å². The van der Waals surface area contributed by atoms with Crippen LogP contribution in [0.1, 0.15) is 0 Å². The fourth-order valence-corrected chi connectivity index (χ4v) is 7.40. The molecule has 9 aromatic rings. The van der Waals surface area contributed by atoms with Gasteiger partial charge < -0.3 is 4.90 Å². The number of hydrogen-bond acceptors (Lipinski definition) is 1. The fraction of sp³-hybridized carbons (Fsp3) is 0. The normalized spacial score (nSPS) is 11.0. The minimum atomic E-state index is 1.09. The predicted molar refractivity (Wildman–Crippen MR) is 226 cm³/mol. The first-order valence-electron chi connectivity index (χ1n) is 18.2. The van der Waals surface area contributed by atoms with Crippen LogP contribution >= 0.6 is 0 Å². The molecule has 0 aromatic heterocycles. The Morgan fingerprint density at radius 1 is 0.245 bits per heavy atom. The Morgan fingerprint density at radius 2 is 0.660 bits per heavy atom. The van der Waals surface area contributed by atoms with Crippen LogP contribution in [-0.2, 0) is 0 Å². The highest BCUT2D eigenvalue weighted by atomic mass is 15.1. The van der Waals surface area contributed by atoms with Crippen molar-refractivity contribution in [3.05, 3.63) is 224 Å². The molecule has 0 atom stereocenters. The zero-order valence-electron chi connectivity index (χ0n) is 29.3. The summed E-state index contributed by atoms with van der Waals surface area (Å²) in [5.41, 5.74) is 15.3. The van der Waals surface area contributed by atoms with Gasteiger partial charge in [-0.15, -0.1) is 0 Å². The zero-order valence-corrected chi connectivity index (χ0v) is 29.3. The summed E-state index contributed by atoms with van der Waals surface area (Å²) in [6.45, 7) is 0. The molecule has 0 aliphatic carbocycles. The molecule has 0 radical (unpaired) electrons. The molecule has 250 valence electrons. The highest BCUT2D eigenvalue weighted by molar-refractivity contribution is 5.97. The SMILES string of the molecule is c1ccc(-c2ccc(N(c3ccc(-c4cccc5ccccc45)cc3)c3ccc(-c4cccc(-c5ccccc5)c4)cc3-c3ccccc3)cc2)cc1. The summed E-state index contributed by atoms with van der Waals surface area (Å²) in [6.07, 6.45) is 0. The second kappa shape index (κ2) is 14.3. The van der Waals surface area contributed by atoms with Crippen LogP contribution in [0.4, 0.5) is 17.1 Å². The van der Waals surface area contributed by atoms with E-state index in [-0.39, 0.29) is 0 Å². The Labute approximate surface area is 311 Å². The maximum Gasteiger partial charge on any atom is 0.0540 e. The van der Waals surface area contributed by atoms with Gasteiger partial charge in [0.05, 0.1) is 5.69 Å². The van der Waals surface area contributed by atoms with Crippen LogP contribution in [0.3, 0.4) is 0 Å². The monoisotopic (exact) mass is 675 g/mol. The van der Waals surface area contributed by atoms with Gasteiger partial charge in [-0.05, 0) is 103 Å². The standard InChI is InChI=1S/C52H37N/c1-4-14-38(15-5-1)40-26-31-47(32-27-40)53(48-33-28-43(29-34-48)50-25-13-21-41-20-10-11-24-49(41)50)52-35-30-46(37-51(52)42-18-8-3-9-19-42)45-23-12-22-44(36-45)39-16-6-2-7-17-39/h1-37H. The lowest BCUT2D eigenvalue weighted by molar-refractivity contribution is 1.28. The summed E-state index contributed by atoms with van der Waals surface area (Å²) >= 11 is 0. The number of hydrogen-bond donors (Lipinski definition) is 0. The van der Waals surface area contributed by atoms with Gasteiger partial charge in [0, 0.05) is 16.9 Å². The average molecular weight is 676 g/mol. The van der Waals surface area contributed by atoms with Crippen molar-refractivity contribution in [2.45, 2.75) is 0 Å². The largest absolute Gasteiger partial charge is 0.310 e. The summed E-state index contributed by atoms with van der Waals surface area (Å²) in [5, 5.41) is 2.51. The molecule has 0 N–H and O–H groups in total. The first-order valence-corrected chi connectivity index (χ1v) is 18.2. The molecule has 0 amide bonds. The molecular formula is C52H37N. The molecule has 0 aliphatic rings. The van der Waals surface area contributed by atoms with Crippen molar-refractivity contribution in [2.75, 3.05) is 4.90 Å². The highest BCUT2D eigenvalue weighted by Gasteiger charge is 2.19. The third-order valence-electron chi connectivity index (χ3n) is 10.1. The molecule has 0 heterocycles. The first-order chi connectivity index (χ1) is 26.3. The zero-order chi connectivity index (χ0) is 35.4. The third kappa shape index (κ3) is 6.53. The van der Waals surface area contributed by atoms with E-state index in [4.69, 9.17) is 0 Å². The minimum Gasteiger partial charge on any atom is -0.310 e. The van der Waals surface area contributed by atoms with E-state index < -0.39 is 0 Å². The van der Waals surface area contributed by atoms with Crippen molar-refractivity contribution < 1.29 is 0 Å². The van der Waals surface area contributed by atoms with E-state index in [0.29, 0.717) is 0 Å². The lowest BCUT2D eigenvalue weighted by Gasteiger charge is -2.29. The summed E-state index contributed by atoms with van der Waals surface area (Å²) < 4.78 is 0. The molecule has 0 saturated carbocycles. The molecule has 9 aromatic carbocycles. The van der Waals surface area contributed by atoms with Crippen molar-refractivity contribution in [3.8, 4) is 55.6 Å². The number of fused-ring (bicyclic) bond motifs is 1. The molecule has 0 spiro atoms. The number of anilines is 3. The lowest BCUT2D eigenvalue weighted by atomic mass is 9.94. The predicted octanol–water partition coefficient (Wildman–Crippen LogP) is 14.6. The van der Waals surface area contributed by atoms with Crippen LogP contribution < -0.4 is 4.90 Å². The van der Waals surface area contributed by atoms with E-state index in [1.54, 1.807) is 0 Å². The van der Waals surface area contributed by atoms with E-state index >= 15 is 0 Å². The van der Waals surface area contributed by atoms with Crippen molar-refractivity contribution in [3.63, 3.8) is 0 Å². The summed E-state index contributed by atoms with van der Waals surface area (Å²) in [4.78, 5) is 2.40. The lowest BCUT2D eigenvalue weighted by Crippen LogP contribution is -2.11. The Kier molecular flexibility index (Phi) is 8.66. The van der Waals surface area contributed by atoms with E-state index in [2.05, 4.69) is 229 Å². The van der Waals surface area contributed by atoms with Crippen LogP contribution in [0.25, 0.3) is 66.4 Å². The van der Waals surface area contributed by atoms with Gasteiger partial charge in [-0.1, -0.05) is 182 Å². The highest BCUT2D eigenvalue weighted by Crippen LogP contribution is 2.44. The molecule has 1 nitrogen and oxygen atoms in total. The van der Waals surface area contributed by atoms with Crippen LogP contribution in [0, 0.1) is 0 Å². The van der Waals surface area contributed by atoms with Gasteiger partial charge in [-0.2, -0.15) is 0 Å². The molecule has 0 bridgehead atoms. The Balaban J connectivity index is 1.19. The number of rotatable bonds is 8. The summed E-state index contributed by atoms with van der Waals surface area (Å²) in [5.74, 6) is 0. The van der Waals surface area contributed by atoms with Crippen molar-refractivity contribution in [2.24, 2.45) is 0 Å². The van der Waals surface area contributed by atoms with Gasteiger partial charge in [0.25, 0.3) is 0 Å². The third-order valence-corrected chi connectivity index (χ3v) is 10.1. The van der Waals surface area contributed by atoms with Gasteiger partial charge >= 0.3 is 0 Å². The topological polar surface area (TPSA) is 3.24 Å². The molecule has 0 fully saturated rings. The summed E-state index contributed by atoms with van der Waals surface area (Å²) in [6, 6.07) is 80.8. The first kappa shape index (κ1) is 32.0. The Morgan fingerprint density at radius 3 is 1.32 bits per heavy atom. The second-order valence-electron chi connectivity index (χ2n) is 13.4. The van der Waals surface area contributed by atoms with Gasteiger partial charge in [-0.25, -0.2) is 0 Å². The van der Waals surface area contributed by atoms with Crippen molar-refractivity contribution in [1.82, 2.24) is 0 Å². The quantitative estimate of drug-likeness (QED) is 0.155. The second-order valence-corrected chi connectivity index (χ2v) is 13.4. The van der Waals surface area contributed by atoms with E-state index in [0.717, 1.165) is 17.1 Å². The molecule has 1 heteroatoms. The molecular weight excluding hydrogens is 639 g/mol. The summed E-state index contributed by atoms with van der Waals surface area (Å²) in [7, 11) is 0. The molecule has 53 heavy (non-hydrogen) atoms. The minimum absolute atomic E-state index is 1.09. The van der Waals surface area contributed by atoms with Crippen molar-refractivity contribution in [1.29, 1.82) is 0 Å². The van der Waals surface area contributed by atoms with Crippen LogP contribution in [0.15, 0.2) is 224 Å². The van der Waals surface area contributed by atoms with Crippen LogP contribution in [0.5, 0.6) is 0 Å². The smallest absolute Gasteiger partial charge is 0.0540 e. The van der Waals surface area contributed by atoms with Crippen molar-refractivity contribution >= 4 is 27.8 Å². The van der Waals surface area contributed by atoms with Crippen LogP contribution in [0.2, 0.25) is 0 Å². The van der Waals surface area contributed by atoms with E-state index in [1.165, 1.54) is 66.4 Å². The Hall–Kier alpha value is -6.96. The molecule has 0 aliphatic heterocycles. The van der Waals surface area contributed by atoms with Gasteiger partial charge in [0.2, 0.25) is 0 Å². The van der Waals surface area contributed by atoms with E-state index in [9.17, 15) is 0 Å². The number of benzene rings is 9. The molecule has 0 unspecified atom stereocenters. The average Bonchev–Trinajstić information content (AvgIpc) is 3.25. The van der Waals surface area contributed by atoms with Gasteiger partial charge in [-0.3, -0.25) is 0 Å². The molecule has 0 saturated heterocycles. The van der Waals surface area contributed by atoms with Gasteiger partial charge in [0.15, 0.2) is 0 Å². The maximum absolute atomic E-state index is 2.40. The fourth-order valence-electron chi connectivity index (χ4n) is 7.40.